The number of rotatable bonds is 7. The van der Waals surface area contributed by atoms with Crippen molar-refractivity contribution in [2.45, 2.75) is 58.9 Å². The molecule has 0 aliphatic carbocycles. The van der Waals surface area contributed by atoms with E-state index in [0.717, 1.165) is 38.8 Å². The van der Waals surface area contributed by atoms with E-state index in [4.69, 9.17) is 0 Å². The van der Waals surface area contributed by atoms with E-state index in [1.54, 1.807) is 0 Å². The van der Waals surface area contributed by atoms with Gasteiger partial charge >= 0.3 is 0 Å². The number of carbonyl (C=O) groups excluding carboxylic acids is 2. The van der Waals surface area contributed by atoms with Crippen molar-refractivity contribution in [3.63, 3.8) is 0 Å². The molecule has 1 heterocycles. The van der Waals surface area contributed by atoms with E-state index in [1.807, 2.05) is 13.8 Å². The SMILES string of the molecule is CCCC1(C(=O)NCCC(=O)NC(C)C)CCNCC1. The van der Waals surface area contributed by atoms with Gasteiger partial charge in [-0.25, -0.2) is 0 Å². The summed E-state index contributed by atoms with van der Waals surface area (Å²) in [5.74, 6) is 0.119. The molecule has 0 unspecified atom stereocenters. The molecule has 0 radical (unpaired) electrons. The minimum atomic E-state index is -0.228. The molecule has 1 fully saturated rings. The molecule has 5 heteroatoms. The Morgan fingerprint density at radius 2 is 1.90 bits per heavy atom. The molecule has 20 heavy (non-hydrogen) atoms. The summed E-state index contributed by atoms with van der Waals surface area (Å²) in [6.45, 7) is 8.22. The number of hydrogen-bond acceptors (Lipinski definition) is 3. The standard InChI is InChI=1S/C15H29N3O2/c1-4-6-15(7-10-16-11-8-15)14(20)17-9-5-13(19)18-12(2)3/h12,16H,4-11H2,1-3H3,(H,17,20)(H,18,19). The summed E-state index contributed by atoms with van der Waals surface area (Å²) in [6, 6.07) is 0.147. The van der Waals surface area contributed by atoms with Crippen molar-refractivity contribution >= 4 is 11.8 Å². The first-order chi connectivity index (χ1) is 9.50. The molecule has 0 aromatic heterocycles. The second-order valence-electron chi connectivity index (χ2n) is 6.01. The molecule has 1 saturated heterocycles. The molecular weight excluding hydrogens is 254 g/mol. The maximum Gasteiger partial charge on any atom is 0.226 e. The molecule has 0 atom stereocenters. The van der Waals surface area contributed by atoms with Crippen LogP contribution in [-0.2, 0) is 9.59 Å². The quantitative estimate of drug-likeness (QED) is 0.657. The normalized spacial score (nSPS) is 17.8. The summed E-state index contributed by atoms with van der Waals surface area (Å²) in [6.07, 6.45) is 4.08. The molecule has 0 bridgehead atoms. The zero-order valence-electron chi connectivity index (χ0n) is 13.1. The van der Waals surface area contributed by atoms with Gasteiger partial charge in [0.2, 0.25) is 11.8 Å². The highest BCUT2D eigenvalue weighted by Gasteiger charge is 2.38. The third-order valence-corrected chi connectivity index (χ3v) is 3.86. The lowest BCUT2D eigenvalue weighted by Crippen LogP contribution is -2.48. The maximum atomic E-state index is 12.4. The van der Waals surface area contributed by atoms with E-state index >= 15 is 0 Å². The third-order valence-electron chi connectivity index (χ3n) is 3.86. The van der Waals surface area contributed by atoms with Gasteiger partial charge in [0.05, 0.1) is 5.41 Å². The summed E-state index contributed by atoms with van der Waals surface area (Å²) >= 11 is 0. The number of hydrogen-bond donors (Lipinski definition) is 3. The van der Waals surface area contributed by atoms with Crippen molar-refractivity contribution in [1.29, 1.82) is 0 Å². The summed E-state index contributed by atoms with van der Waals surface area (Å²) in [5.41, 5.74) is -0.228. The minimum Gasteiger partial charge on any atom is -0.355 e. The Kier molecular flexibility index (Phi) is 6.99. The molecule has 0 aromatic rings. The molecule has 1 rings (SSSR count). The van der Waals surface area contributed by atoms with Crippen LogP contribution in [0.5, 0.6) is 0 Å². The Morgan fingerprint density at radius 1 is 1.25 bits per heavy atom. The van der Waals surface area contributed by atoms with Crippen LogP contribution in [0.1, 0.15) is 52.9 Å². The van der Waals surface area contributed by atoms with Crippen LogP contribution in [0.2, 0.25) is 0 Å². The van der Waals surface area contributed by atoms with Gasteiger partial charge < -0.3 is 16.0 Å². The predicted octanol–water partition coefficient (Wildman–Crippen LogP) is 1.19. The van der Waals surface area contributed by atoms with E-state index in [-0.39, 0.29) is 23.3 Å². The highest BCUT2D eigenvalue weighted by molar-refractivity contribution is 5.83. The zero-order chi connectivity index (χ0) is 15.0. The Bertz CT molecular complexity index is 318. The van der Waals surface area contributed by atoms with Gasteiger partial charge in [0, 0.05) is 19.0 Å². The van der Waals surface area contributed by atoms with E-state index in [0.29, 0.717) is 13.0 Å². The molecular formula is C15H29N3O2. The fraction of sp³-hybridized carbons (Fsp3) is 0.867. The van der Waals surface area contributed by atoms with Gasteiger partial charge in [-0.05, 0) is 46.2 Å². The molecule has 1 aliphatic heterocycles. The summed E-state index contributed by atoms with van der Waals surface area (Å²) in [4.78, 5) is 24.0. The summed E-state index contributed by atoms with van der Waals surface area (Å²) < 4.78 is 0. The van der Waals surface area contributed by atoms with E-state index < -0.39 is 0 Å². The van der Waals surface area contributed by atoms with Crippen LogP contribution >= 0.6 is 0 Å². The van der Waals surface area contributed by atoms with Crippen LogP contribution in [0.15, 0.2) is 0 Å². The molecule has 0 aromatic carbocycles. The Hall–Kier alpha value is -1.10. The lowest BCUT2D eigenvalue weighted by atomic mass is 9.74. The van der Waals surface area contributed by atoms with Crippen molar-refractivity contribution in [1.82, 2.24) is 16.0 Å². The number of piperidine rings is 1. The largest absolute Gasteiger partial charge is 0.355 e. The lowest BCUT2D eigenvalue weighted by molar-refractivity contribution is -0.133. The van der Waals surface area contributed by atoms with Crippen molar-refractivity contribution in [2.75, 3.05) is 19.6 Å². The van der Waals surface area contributed by atoms with Crippen LogP contribution in [-0.4, -0.2) is 37.5 Å². The van der Waals surface area contributed by atoms with E-state index in [1.165, 1.54) is 0 Å². The number of nitrogens with one attached hydrogen (secondary N) is 3. The minimum absolute atomic E-state index is 0.00449. The van der Waals surface area contributed by atoms with Crippen LogP contribution < -0.4 is 16.0 Å². The first-order valence-electron chi connectivity index (χ1n) is 7.78. The van der Waals surface area contributed by atoms with Crippen LogP contribution in [0.3, 0.4) is 0 Å². The van der Waals surface area contributed by atoms with Gasteiger partial charge in [0.25, 0.3) is 0 Å². The Balaban J connectivity index is 2.41. The number of carbonyl (C=O) groups is 2. The summed E-state index contributed by atoms with van der Waals surface area (Å²) in [7, 11) is 0. The van der Waals surface area contributed by atoms with Crippen LogP contribution in [0.25, 0.3) is 0 Å². The molecule has 5 nitrogen and oxygen atoms in total. The van der Waals surface area contributed by atoms with Gasteiger partial charge in [0.15, 0.2) is 0 Å². The number of amides is 2. The smallest absolute Gasteiger partial charge is 0.226 e. The van der Waals surface area contributed by atoms with Crippen LogP contribution in [0, 0.1) is 5.41 Å². The van der Waals surface area contributed by atoms with E-state index in [2.05, 4.69) is 22.9 Å². The lowest BCUT2D eigenvalue weighted by Gasteiger charge is -2.36. The fourth-order valence-electron chi connectivity index (χ4n) is 2.85. The highest BCUT2D eigenvalue weighted by Crippen LogP contribution is 2.34. The topological polar surface area (TPSA) is 70.2 Å². The highest BCUT2D eigenvalue weighted by atomic mass is 16.2. The molecule has 116 valence electrons. The zero-order valence-corrected chi connectivity index (χ0v) is 13.1. The van der Waals surface area contributed by atoms with Gasteiger partial charge in [-0.2, -0.15) is 0 Å². The summed E-state index contributed by atoms with van der Waals surface area (Å²) in [5, 5.41) is 9.09. The van der Waals surface area contributed by atoms with Gasteiger partial charge in [0.1, 0.15) is 0 Å². The van der Waals surface area contributed by atoms with Gasteiger partial charge in [-0.3, -0.25) is 9.59 Å². The first kappa shape index (κ1) is 17.0. The second-order valence-corrected chi connectivity index (χ2v) is 6.01. The monoisotopic (exact) mass is 283 g/mol. The fourth-order valence-corrected chi connectivity index (χ4v) is 2.85. The molecule has 2 amide bonds. The van der Waals surface area contributed by atoms with Crippen molar-refractivity contribution < 1.29 is 9.59 Å². The Labute approximate surface area is 122 Å². The average Bonchev–Trinajstić information content (AvgIpc) is 2.39. The molecule has 0 spiro atoms. The van der Waals surface area contributed by atoms with Gasteiger partial charge in [-0.1, -0.05) is 13.3 Å². The van der Waals surface area contributed by atoms with E-state index in [9.17, 15) is 9.59 Å². The second kappa shape index (κ2) is 8.25. The Morgan fingerprint density at radius 3 is 2.45 bits per heavy atom. The van der Waals surface area contributed by atoms with Crippen molar-refractivity contribution in [3.05, 3.63) is 0 Å². The van der Waals surface area contributed by atoms with Gasteiger partial charge in [-0.15, -0.1) is 0 Å². The first-order valence-corrected chi connectivity index (χ1v) is 7.78. The molecule has 0 saturated carbocycles. The predicted molar refractivity (Wildman–Crippen MR) is 80.4 cm³/mol. The molecule has 1 aliphatic rings. The average molecular weight is 283 g/mol. The maximum absolute atomic E-state index is 12.4. The third kappa shape index (κ3) is 5.12. The molecule has 3 N–H and O–H groups in total. The van der Waals surface area contributed by atoms with Crippen LogP contribution in [0.4, 0.5) is 0 Å². The van der Waals surface area contributed by atoms with Crippen molar-refractivity contribution in [2.24, 2.45) is 5.41 Å². The van der Waals surface area contributed by atoms with Crippen molar-refractivity contribution in [3.8, 4) is 0 Å².